The maximum atomic E-state index is 9.22. The minimum absolute atomic E-state index is 0.444. The van der Waals surface area contributed by atoms with Gasteiger partial charge in [-0.15, -0.1) is 0 Å². The molecule has 3 aromatic rings. The van der Waals surface area contributed by atoms with E-state index in [1.54, 1.807) is 7.11 Å². The normalized spacial score (nSPS) is 10.5. The number of methoxy groups -OCH3 is 1. The molecular weight excluding hydrogens is 330 g/mol. The number of halogens is 1. The molecular formula is C16H12BrN3O. The summed E-state index contributed by atoms with van der Waals surface area (Å²) < 4.78 is 7.94. The van der Waals surface area contributed by atoms with Crippen LogP contribution in [0.2, 0.25) is 0 Å². The molecule has 0 unspecified atom stereocenters. The van der Waals surface area contributed by atoms with Gasteiger partial charge in [-0.05, 0) is 35.9 Å². The first-order valence-electron chi connectivity index (χ1n) is 6.40. The largest absolute Gasteiger partial charge is 0.497 e. The molecule has 0 atom stereocenters. The van der Waals surface area contributed by atoms with Gasteiger partial charge in [0, 0.05) is 9.86 Å². The highest BCUT2D eigenvalue weighted by Crippen LogP contribution is 2.23. The van der Waals surface area contributed by atoms with Crippen LogP contribution in [0.4, 0.5) is 0 Å². The highest BCUT2D eigenvalue weighted by Gasteiger charge is 2.10. The molecule has 0 saturated carbocycles. The number of nitrogens with zero attached hydrogens (tertiary/aromatic N) is 3. The summed E-state index contributed by atoms with van der Waals surface area (Å²) in [6.45, 7) is 0.615. The van der Waals surface area contributed by atoms with E-state index in [1.807, 2.05) is 47.1 Å². The summed E-state index contributed by atoms with van der Waals surface area (Å²) in [4.78, 5) is 0. The standard InChI is InChI=1S/C16H12BrN3O/c1-21-13-5-2-11(3-6-13)10-20-16-7-4-12(17)8-14(16)15(9-18)19-20/h2-8H,10H2,1H3. The number of aromatic nitrogens is 2. The minimum Gasteiger partial charge on any atom is -0.497 e. The number of hydrogen-bond acceptors (Lipinski definition) is 3. The lowest BCUT2D eigenvalue weighted by molar-refractivity contribution is 0.414. The summed E-state index contributed by atoms with van der Waals surface area (Å²) in [5.41, 5.74) is 2.50. The van der Waals surface area contributed by atoms with Crippen molar-refractivity contribution in [3.8, 4) is 11.8 Å². The average Bonchev–Trinajstić information content (AvgIpc) is 2.85. The first kappa shape index (κ1) is 13.7. The third kappa shape index (κ3) is 2.63. The zero-order valence-electron chi connectivity index (χ0n) is 11.4. The molecule has 104 valence electrons. The zero-order valence-corrected chi connectivity index (χ0v) is 13.0. The Balaban J connectivity index is 2.02. The van der Waals surface area contributed by atoms with Crippen molar-refractivity contribution in [2.75, 3.05) is 7.11 Å². The summed E-state index contributed by atoms with van der Waals surface area (Å²) in [7, 11) is 1.65. The molecule has 0 amide bonds. The van der Waals surface area contributed by atoms with Crippen LogP contribution in [0.5, 0.6) is 5.75 Å². The average molecular weight is 342 g/mol. The van der Waals surface area contributed by atoms with Gasteiger partial charge in [-0.1, -0.05) is 28.1 Å². The van der Waals surface area contributed by atoms with Gasteiger partial charge in [-0.3, -0.25) is 4.68 Å². The first-order chi connectivity index (χ1) is 10.2. The maximum Gasteiger partial charge on any atom is 0.170 e. The van der Waals surface area contributed by atoms with Crippen LogP contribution < -0.4 is 4.74 Å². The lowest BCUT2D eigenvalue weighted by Crippen LogP contribution is -2.01. The molecule has 0 aliphatic carbocycles. The van der Waals surface area contributed by atoms with Crippen molar-refractivity contribution in [1.29, 1.82) is 5.26 Å². The monoisotopic (exact) mass is 341 g/mol. The Morgan fingerprint density at radius 3 is 2.67 bits per heavy atom. The smallest absolute Gasteiger partial charge is 0.170 e. The van der Waals surface area contributed by atoms with Crippen LogP contribution in [-0.4, -0.2) is 16.9 Å². The van der Waals surface area contributed by atoms with Crippen molar-refractivity contribution in [1.82, 2.24) is 9.78 Å². The van der Waals surface area contributed by atoms with Crippen molar-refractivity contribution in [2.45, 2.75) is 6.54 Å². The zero-order chi connectivity index (χ0) is 14.8. The molecule has 0 aliphatic rings. The number of nitriles is 1. The number of hydrogen-bond donors (Lipinski definition) is 0. The quantitative estimate of drug-likeness (QED) is 0.729. The highest BCUT2D eigenvalue weighted by molar-refractivity contribution is 9.10. The van der Waals surface area contributed by atoms with Gasteiger partial charge >= 0.3 is 0 Å². The van der Waals surface area contributed by atoms with Crippen LogP contribution >= 0.6 is 15.9 Å². The van der Waals surface area contributed by atoms with Gasteiger partial charge < -0.3 is 4.74 Å². The molecule has 0 radical (unpaired) electrons. The molecule has 2 aromatic carbocycles. The van der Waals surface area contributed by atoms with Gasteiger partial charge in [0.1, 0.15) is 11.8 Å². The molecule has 0 aliphatic heterocycles. The van der Waals surface area contributed by atoms with Gasteiger partial charge in [-0.25, -0.2) is 0 Å². The third-order valence-corrected chi connectivity index (χ3v) is 3.80. The van der Waals surface area contributed by atoms with Crippen molar-refractivity contribution in [3.05, 3.63) is 58.2 Å². The molecule has 1 heterocycles. The topological polar surface area (TPSA) is 50.8 Å². The van der Waals surface area contributed by atoms with Crippen LogP contribution in [0.25, 0.3) is 10.9 Å². The number of fused-ring (bicyclic) bond motifs is 1. The van der Waals surface area contributed by atoms with Gasteiger partial charge in [0.25, 0.3) is 0 Å². The fourth-order valence-corrected chi connectivity index (χ4v) is 2.62. The SMILES string of the molecule is COc1ccc(Cn2nc(C#N)c3cc(Br)ccc32)cc1. The Morgan fingerprint density at radius 2 is 2.00 bits per heavy atom. The van der Waals surface area contributed by atoms with E-state index in [1.165, 1.54) is 0 Å². The van der Waals surface area contributed by atoms with Crippen LogP contribution in [0.15, 0.2) is 46.9 Å². The van der Waals surface area contributed by atoms with Gasteiger partial charge in [0.05, 0.1) is 19.2 Å². The first-order valence-corrected chi connectivity index (χ1v) is 7.19. The van der Waals surface area contributed by atoms with Crippen molar-refractivity contribution >= 4 is 26.8 Å². The van der Waals surface area contributed by atoms with Crippen molar-refractivity contribution in [2.24, 2.45) is 0 Å². The molecule has 3 rings (SSSR count). The summed E-state index contributed by atoms with van der Waals surface area (Å²) >= 11 is 3.43. The summed E-state index contributed by atoms with van der Waals surface area (Å²) in [6.07, 6.45) is 0. The molecule has 0 N–H and O–H groups in total. The van der Waals surface area contributed by atoms with E-state index in [4.69, 9.17) is 4.74 Å². The Morgan fingerprint density at radius 1 is 1.24 bits per heavy atom. The van der Waals surface area contributed by atoms with Gasteiger partial charge in [0.15, 0.2) is 5.69 Å². The molecule has 1 aromatic heterocycles. The molecule has 21 heavy (non-hydrogen) atoms. The van der Waals surface area contributed by atoms with Crippen LogP contribution in [0, 0.1) is 11.3 Å². The van der Waals surface area contributed by atoms with Crippen molar-refractivity contribution < 1.29 is 4.74 Å². The van der Waals surface area contributed by atoms with Gasteiger partial charge in [0.2, 0.25) is 0 Å². The second-order valence-corrected chi connectivity index (χ2v) is 5.54. The lowest BCUT2D eigenvalue weighted by Gasteiger charge is -2.05. The maximum absolute atomic E-state index is 9.22. The molecule has 5 heteroatoms. The fourth-order valence-electron chi connectivity index (χ4n) is 2.26. The van der Waals surface area contributed by atoms with Crippen LogP contribution in [-0.2, 0) is 6.54 Å². The number of benzene rings is 2. The minimum atomic E-state index is 0.444. The summed E-state index contributed by atoms with van der Waals surface area (Å²) in [5.74, 6) is 0.825. The van der Waals surface area contributed by atoms with Crippen LogP contribution in [0.3, 0.4) is 0 Å². The summed E-state index contributed by atoms with van der Waals surface area (Å²) in [6, 6.07) is 15.8. The molecule has 0 bridgehead atoms. The molecule has 4 nitrogen and oxygen atoms in total. The second-order valence-electron chi connectivity index (χ2n) is 4.63. The predicted octanol–water partition coefficient (Wildman–Crippen LogP) is 3.73. The number of rotatable bonds is 3. The van der Waals surface area contributed by atoms with E-state index < -0.39 is 0 Å². The van der Waals surface area contributed by atoms with E-state index in [9.17, 15) is 5.26 Å². The van der Waals surface area contributed by atoms with Crippen LogP contribution in [0.1, 0.15) is 11.3 Å². The Kier molecular flexibility index (Phi) is 3.63. The van der Waals surface area contributed by atoms with E-state index >= 15 is 0 Å². The van der Waals surface area contributed by atoms with E-state index in [-0.39, 0.29) is 0 Å². The molecule has 0 fully saturated rings. The Hall–Kier alpha value is -2.32. The highest BCUT2D eigenvalue weighted by atomic mass is 79.9. The second kappa shape index (κ2) is 5.58. The third-order valence-electron chi connectivity index (χ3n) is 3.31. The number of ether oxygens (including phenoxy) is 1. The van der Waals surface area contributed by atoms with E-state index in [2.05, 4.69) is 27.1 Å². The summed E-state index contributed by atoms with van der Waals surface area (Å²) in [5, 5.41) is 14.5. The molecule has 0 saturated heterocycles. The van der Waals surface area contributed by atoms with E-state index in [0.717, 1.165) is 26.7 Å². The van der Waals surface area contributed by atoms with Crippen molar-refractivity contribution in [3.63, 3.8) is 0 Å². The molecule has 0 spiro atoms. The van der Waals surface area contributed by atoms with E-state index in [0.29, 0.717) is 12.2 Å². The Bertz CT molecular complexity index is 831. The Labute approximate surface area is 130 Å². The lowest BCUT2D eigenvalue weighted by atomic mass is 10.2. The predicted molar refractivity (Wildman–Crippen MR) is 84.2 cm³/mol. The fraction of sp³-hybridized carbons (Fsp3) is 0.125. The van der Waals surface area contributed by atoms with Gasteiger partial charge in [-0.2, -0.15) is 10.4 Å².